The molecule has 0 bridgehead atoms. The maximum Gasteiger partial charge on any atom is 0.161 e. The van der Waals surface area contributed by atoms with Crippen molar-refractivity contribution in [2.24, 2.45) is 0 Å². The third kappa shape index (κ3) is 5.08. The van der Waals surface area contributed by atoms with Gasteiger partial charge in [0.2, 0.25) is 0 Å². The number of ether oxygens (including phenoxy) is 2. The molecule has 0 aromatic heterocycles. The first-order valence-electron chi connectivity index (χ1n) is 9.55. The molecule has 5 nitrogen and oxygen atoms in total. The Labute approximate surface area is 170 Å². The highest BCUT2D eigenvalue weighted by atomic mass is 16.5. The van der Waals surface area contributed by atoms with E-state index < -0.39 is 0 Å². The number of carbonyl (C=O) groups excluding carboxylic acids is 1. The Balaban J connectivity index is 1.99. The molecule has 2 aromatic rings. The molecule has 5 heteroatoms. The molecular weight excluding hydrogens is 368 g/mol. The Hall–Kier alpha value is -3.47. The van der Waals surface area contributed by atoms with Gasteiger partial charge in [0.05, 0.1) is 13.2 Å². The van der Waals surface area contributed by atoms with E-state index in [-0.39, 0.29) is 23.7 Å². The molecule has 0 saturated carbocycles. The van der Waals surface area contributed by atoms with Crippen LogP contribution in [0.2, 0.25) is 0 Å². The molecule has 1 aliphatic rings. The summed E-state index contributed by atoms with van der Waals surface area (Å²) in [6, 6.07) is 10.3. The van der Waals surface area contributed by atoms with E-state index in [1.54, 1.807) is 48.6 Å². The van der Waals surface area contributed by atoms with E-state index in [1.165, 1.54) is 0 Å². The molecule has 0 saturated heterocycles. The maximum absolute atomic E-state index is 12.0. The van der Waals surface area contributed by atoms with Crippen molar-refractivity contribution < 1.29 is 24.5 Å². The summed E-state index contributed by atoms with van der Waals surface area (Å²) in [6.45, 7) is 4.61. The Kier molecular flexibility index (Phi) is 6.39. The van der Waals surface area contributed by atoms with E-state index in [9.17, 15) is 15.0 Å². The molecular formula is C24H24O5. The zero-order valence-corrected chi connectivity index (χ0v) is 16.5. The first-order chi connectivity index (χ1) is 14.0. The third-order valence-corrected chi connectivity index (χ3v) is 4.41. The summed E-state index contributed by atoms with van der Waals surface area (Å²) in [5, 5.41) is 19.8. The average molecular weight is 392 g/mol. The number of allylic oxidation sites excluding steroid dienone is 4. The predicted octanol–water partition coefficient (Wildman–Crippen LogP) is 4.89. The summed E-state index contributed by atoms with van der Waals surface area (Å²) >= 11 is 0. The van der Waals surface area contributed by atoms with Gasteiger partial charge in [-0.05, 0) is 72.5 Å². The third-order valence-electron chi connectivity index (χ3n) is 4.41. The summed E-state index contributed by atoms with van der Waals surface area (Å²) < 4.78 is 10.9. The zero-order chi connectivity index (χ0) is 20.8. The molecule has 29 heavy (non-hydrogen) atoms. The van der Waals surface area contributed by atoms with Crippen molar-refractivity contribution >= 4 is 17.9 Å². The number of rotatable bonds is 6. The Morgan fingerprint density at radius 2 is 1.41 bits per heavy atom. The van der Waals surface area contributed by atoms with Crippen LogP contribution in [0.1, 0.15) is 31.4 Å². The van der Waals surface area contributed by atoms with Crippen LogP contribution in [0.5, 0.6) is 23.0 Å². The number of benzene rings is 2. The van der Waals surface area contributed by atoms with Gasteiger partial charge in [0, 0.05) is 6.42 Å². The minimum atomic E-state index is 0.0259. The average Bonchev–Trinajstić information content (AvgIpc) is 2.69. The largest absolute Gasteiger partial charge is 0.504 e. The molecule has 150 valence electrons. The number of ketones is 1. The van der Waals surface area contributed by atoms with Gasteiger partial charge in [0.15, 0.2) is 28.8 Å². The lowest BCUT2D eigenvalue weighted by atomic mass is 9.91. The summed E-state index contributed by atoms with van der Waals surface area (Å²) in [5.74, 6) is 1.02. The van der Waals surface area contributed by atoms with Crippen molar-refractivity contribution in [1.29, 1.82) is 0 Å². The van der Waals surface area contributed by atoms with Crippen LogP contribution in [0.3, 0.4) is 0 Å². The lowest BCUT2D eigenvalue weighted by molar-refractivity contribution is -0.114. The fourth-order valence-corrected chi connectivity index (χ4v) is 3.08. The second-order valence-corrected chi connectivity index (χ2v) is 6.57. The zero-order valence-electron chi connectivity index (χ0n) is 16.5. The number of phenols is 2. The smallest absolute Gasteiger partial charge is 0.161 e. The van der Waals surface area contributed by atoms with Gasteiger partial charge in [0.25, 0.3) is 0 Å². The monoisotopic (exact) mass is 392 g/mol. The molecule has 3 rings (SSSR count). The predicted molar refractivity (Wildman–Crippen MR) is 113 cm³/mol. The topological polar surface area (TPSA) is 76.0 Å². The van der Waals surface area contributed by atoms with Gasteiger partial charge in [-0.3, -0.25) is 4.79 Å². The van der Waals surface area contributed by atoms with Crippen LogP contribution in [0.15, 0.2) is 59.7 Å². The molecule has 0 atom stereocenters. The lowest BCUT2D eigenvalue weighted by Gasteiger charge is -2.14. The highest BCUT2D eigenvalue weighted by Gasteiger charge is 2.14. The second kappa shape index (κ2) is 9.15. The molecule has 2 N–H and O–H groups in total. The number of carbonyl (C=O) groups is 1. The highest BCUT2D eigenvalue weighted by Crippen LogP contribution is 2.32. The van der Waals surface area contributed by atoms with Crippen molar-refractivity contribution in [1.82, 2.24) is 0 Å². The minimum Gasteiger partial charge on any atom is -0.504 e. The minimum absolute atomic E-state index is 0.0259. The van der Waals surface area contributed by atoms with Crippen molar-refractivity contribution in [3.8, 4) is 23.0 Å². The van der Waals surface area contributed by atoms with Crippen molar-refractivity contribution in [3.63, 3.8) is 0 Å². The van der Waals surface area contributed by atoms with Gasteiger partial charge in [0.1, 0.15) is 0 Å². The van der Waals surface area contributed by atoms with Crippen LogP contribution in [-0.4, -0.2) is 29.2 Å². The molecule has 1 aliphatic carbocycles. The van der Waals surface area contributed by atoms with Gasteiger partial charge < -0.3 is 19.7 Å². The molecule has 0 heterocycles. The Bertz CT molecular complexity index is 998. The van der Waals surface area contributed by atoms with Crippen LogP contribution in [0.25, 0.3) is 12.2 Å². The Morgan fingerprint density at radius 3 is 1.97 bits per heavy atom. The second-order valence-electron chi connectivity index (χ2n) is 6.57. The van der Waals surface area contributed by atoms with Crippen LogP contribution in [-0.2, 0) is 4.79 Å². The first kappa shape index (κ1) is 20.3. The van der Waals surface area contributed by atoms with E-state index in [0.717, 1.165) is 22.3 Å². The van der Waals surface area contributed by atoms with Crippen LogP contribution in [0, 0.1) is 0 Å². The van der Waals surface area contributed by atoms with Crippen LogP contribution >= 0.6 is 0 Å². The van der Waals surface area contributed by atoms with Gasteiger partial charge in [-0.2, -0.15) is 0 Å². The quantitative estimate of drug-likeness (QED) is 0.732. The Morgan fingerprint density at radius 1 is 0.862 bits per heavy atom. The molecule has 0 spiro atoms. The van der Waals surface area contributed by atoms with E-state index >= 15 is 0 Å². The van der Waals surface area contributed by atoms with Gasteiger partial charge in [-0.1, -0.05) is 24.3 Å². The fraction of sp³-hybridized carbons (Fsp3) is 0.208. The van der Waals surface area contributed by atoms with E-state index in [0.29, 0.717) is 24.7 Å². The molecule has 0 aliphatic heterocycles. The number of hydrogen-bond acceptors (Lipinski definition) is 5. The van der Waals surface area contributed by atoms with Crippen molar-refractivity contribution in [2.75, 3.05) is 13.2 Å². The van der Waals surface area contributed by atoms with E-state index in [2.05, 4.69) is 0 Å². The van der Waals surface area contributed by atoms with Crippen LogP contribution < -0.4 is 9.47 Å². The summed E-state index contributed by atoms with van der Waals surface area (Å²) in [5.41, 5.74) is 3.43. The normalized spacial score (nSPS) is 16.4. The number of phenolic OH excluding ortho intramolecular Hbond substituents is 2. The molecule has 2 aromatic carbocycles. The summed E-state index contributed by atoms with van der Waals surface area (Å²) in [6.07, 6.45) is 7.49. The molecule has 0 fully saturated rings. The number of aromatic hydroxyl groups is 2. The summed E-state index contributed by atoms with van der Waals surface area (Å²) in [4.78, 5) is 12.0. The van der Waals surface area contributed by atoms with E-state index in [1.807, 2.05) is 26.0 Å². The fourth-order valence-electron chi connectivity index (χ4n) is 3.08. The van der Waals surface area contributed by atoms with Gasteiger partial charge >= 0.3 is 0 Å². The standard InChI is InChI=1S/C24H24O5/c1-3-28-23-13-16(5-9-21(23)26)11-18-7-8-20(25)15-19(18)12-17-6-10-22(27)24(14-17)29-4-2/h5-14,26-27H,3-4,15H2,1-2H3. The summed E-state index contributed by atoms with van der Waals surface area (Å²) in [7, 11) is 0. The van der Waals surface area contributed by atoms with Crippen LogP contribution in [0.4, 0.5) is 0 Å². The molecule has 0 unspecified atom stereocenters. The van der Waals surface area contributed by atoms with Gasteiger partial charge in [-0.25, -0.2) is 0 Å². The SMILES string of the molecule is CCOc1cc(C=C2C=CC(=O)CC2=Cc2ccc(O)c(OCC)c2)ccc1O. The lowest BCUT2D eigenvalue weighted by Crippen LogP contribution is -2.03. The molecule has 0 amide bonds. The highest BCUT2D eigenvalue weighted by molar-refractivity contribution is 5.97. The first-order valence-corrected chi connectivity index (χ1v) is 9.55. The van der Waals surface area contributed by atoms with Crippen molar-refractivity contribution in [3.05, 3.63) is 70.8 Å². The van der Waals surface area contributed by atoms with Crippen molar-refractivity contribution in [2.45, 2.75) is 20.3 Å². The molecule has 0 radical (unpaired) electrons. The maximum atomic E-state index is 12.0. The van der Waals surface area contributed by atoms with Gasteiger partial charge in [-0.15, -0.1) is 0 Å². The number of hydrogen-bond donors (Lipinski definition) is 2. The van der Waals surface area contributed by atoms with E-state index in [4.69, 9.17) is 9.47 Å².